The summed E-state index contributed by atoms with van der Waals surface area (Å²) in [7, 11) is 0. The molecule has 0 heterocycles. The maximum absolute atomic E-state index is 3.45. The Kier molecular flexibility index (Phi) is 4.61. The van der Waals surface area contributed by atoms with Crippen molar-refractivity contribution in [3.63, 3.8) is 0 Å². The zero-order valence-electron chi connectivity index (χ0n) is 6.11. The molecule has 0 nitrogen and oxygen atoms in total. The molecule has 1 aromatic rings. The molecule has 2 heteroatoms. The van der Waals surface area contributed by atoms with Gasteiger partial charge in [0.15, 0.2) is 0 Å². The minimum absolute atomic E-state index is 0. The van der Waals surface area contributed by atoms with Crippen molar-refractivity contribution in [1.29, 1.82) is 0 Å². The van der Waals surface area contributed by atoms with Crippen molar-refractivity contribution in [1.82, 2.24) is 0 Å². The number of halogens is 1. The van der Waals surface area contributed by atoms with E-state index < -0.39 is 0 Å². The summed E-state index contributed by atoms with van der Waals surface area (Å²) in [6, 6.07) is 6.22. The molecule has 0 N–H and O–H groups in total. The fraction of sp³-hybridized carbons (Fsp3) is 0.250. The predicted molar refractivity (Wildman–Crippen MR) is 49.4 cm³/mol. The van der Waals surface area contributed by atoms with Crippen LogP contribution in [0.1, 0.15) is 11.1 Å². The second-order valence-corrected chi connectivity index (χ2v) is 3.04. The van der Waals surface area contributed by atoms with Gasteiger partial charge in [-0.2, -0.15) is 0 Å². The molecule has 0 saturated carbocycles. The Morgan fingerprint density at radius 3 is 2.20 bits per heavy atom. The Labute approximate surface area is 87.1 Å². The molecule has 0 aromatic heterocycles. The number of hydrogen-bond donors (Lipinski definition) is 0. The molecule has 10 heavy (non-hydrogen) atoms. The second kappa shape index (κ2) is 4.39. The Bertz CT molecular complexity index is 200. The molecule has 0 amide bonds. The van der Waals surface area contributed by atoms with Crippen molar-refractivity contribution in [3.05, 3.63) is 33.8 Å². The van der Waals surface area contributed by atoms with Crippen LogP contribution in [0.4, 0.5) is 0 Å². The van der Waals surface area contributed by atoms with Crippen LogP contribution >= 0.6 is 15.9 Å². The van der Waals surface area contributed by atoms with Crippen LogP contribution in [-0.2, 0) is 0 Å². The van der Waals surface area contributed by atoms with Crippen molar-refractivity contribution < 1.29 is 0 Å². The topological polar surface area (TPSA) is 0 Å². The molecule has 4 radical (unpaired) electrons. The van der Waals surface area contributed by atoms with Crippen molar-refractivity contribution >= 4 is 39.8 Å². The van der Waals surface area contributed by atoms with E-state index in [1.807, 2.05) is 6.07 Å². The van der Waals surface area contributed by atoms with E-state index in [1.165, 1.54) is 15.6 Å². The monoisotopic (exact) mass is 304 g/mol. The summed E-state index contributed by atoms with van der Waals surface area (Å²) in [6.45, 7) is 4.22. The third kappa shape index (κ3) is 2.27. The van der Waals surface area contributed by atoms with E-state index in [0.717, 1.165) is 0 Å². The van der Waals surface area contributed by atoms with E-state index in [1.54, 1.807) is 0 Å². The van der Waals surface area contributed by atoms with Gasteiger partial charge in [0.25, 0.3) is 0 Å². The molecule has 0 spiro atoms. The number of rotatable bonds is 0. The zero-order chi connectivity index (χ0) is 6.85. The van der Waals surface area contributed by atoms with Crippen LogP contribution in [0.15, 0.2) is 22.7 Å². The molecule has 1 rings (SSSR count). The van der Waals surface area contributed by atoms with Crippen LogP contribution in [0.3, 0.4) is 0 Å². The van der Waals surface area contributed by atoms with Gasteiger partial charge in [0, 0.05) is 28.4 Å². The first-order chi connectivity index (χ1) is 4.22. The van der Waals surface area contributed by atoms with Gasteiger partial charge in [0.2, 0.25) is 0 Å². The summed E-state index contributed by atoms with van der Waals surface area (Å²) in [5.41, 5.74) is 2.67. The summed E-state index contributed by atoms with van der Waals surface area (Å²) < 4.78 is 1.20. The summed E-state index contributed by atoms with van der Waals surface area (Å²) in [6.07, 6.45) is 0. The van der Waals surface area contributed by atoms with Crippen molar-refractivity contribution in [2.24, 2.45) is 0 Å². The third-order valence-corrected chi connectivity index (χ3v) is 2.40. The molecular formula is C8H9BrSn. The van der Waals surface area contributed by atoms with Crippen LogP contribution in [-0.4, -0.2) is 23.9 Å². The maximum atomic E-state index is 3.45. The molecule has 0 aliphatic carbocycles. The fourth-order valence-corrected chi connectivity index (χ4v) is 1.18. The summed E-state index contributed by atoms with van der Waals surface area (Å²) in [5, 5.41) is 0. The first-order valence-corrected chi connectivity index (χ1v) is 3.73. The van der Waals surface area contributed by atoms with Crippen LogP contribution < -0.4 is 0 Å². The molecule has 0 unspecified atom stereocenters. The van der Waals surface area contributed by atoms with Crippen LogP contribution in [0.5, 0.6) is 0 Å². The number of benzene rings is 1. The smallest absolute Gasteiger partial charge is 0.0207 e. The molecule has 0 atom stereocenters. The Hall–Kier alpha value is 0.499. The SMILES string of the molecule is Cc1cccc(Br)c1C.[Sn]. The molecule has 0 aliphatic heterocycles. The molecule has 0 aliphatic rings. The Morgan fingerprint density at radius 1 is 1.20 bits per heavy atom. The average Bonchev–Trinajstić information content (AvgIpc) is 1.83. The third-order valence-electron chi connectivity index (χ3n) is 1.54. The maximum Gasteiger partial charge on any atom is 0.0207 e. The van der Waals surface area contributed by atoms with Gasteiger partial charge in [-0.25, -0.2) is 0 Å². The molecule has 1 aromatic carbocycles. The van der Waals surface area contributed by atoms with Gasteiger partial charge < -0.3 is 0 Å². The number of aryl methyl sites for hydroxylation is 1. The van der Waals surface area contributed by atoms with Crippen LogP contribution in [0, 0.1) is 13.8 Å². The van der Waals surface area contributed by atoms with Gasteiger partial charge in [-0.1, -0.05) is 28.1 Å². The van der Waals surface area contributed by atoms with Crippen molar-refractivity contribution in [3.8, 4) is 0 Å². The largest absolute Gasteiger partial charge is 0.0609 e. The van der Waals surface area contributed by atoms with Crippen molar-refractivity contribution in [2.45, 2.75) is 13.8 Å². The number of hydrogen-bond acceptors (Lipinski definition) is 0. The standard InChI is InChI=1S/C8H9Br.Sn/c1-6-4-3-5-8(9)7(6)2;/h3-5H,1-2H3;. The average molecular weight is 304 g/mol. The Balaban J connectivity index is 0.000000810. The zero-order valence-corrected chi connectivity index (χ0v) is 10.6. The second-order valence-electron chi connectivity index (χ2n) is 2.18. The van der Waals surface area contributed by atoms with Crippen LogP contribution in [0.2, 0.25) is 0 Å². The van der Waals surface area contributed by atoms with E-state index >= 15 is 0 Å². The summed E-state index contributed by atoms with van der Waals surface area (Å²) >= 11 is 3.45. The summed E-state index contributed by atoms with van der Waals surface area (Å²) in [4.78, 5) is 0. The van der Waals surface area contributed by atoms with Gasteiger partial charge in [-0.15, -0.1) is 0 Å². The first-order valence-electron chi connectivity index (χ1n) is 2.93. The normalized spacial score (nSPS) is 8.70. The van der Waals surface area contributed by atoms with Crippen LogP contribution in [0.25, 0.3) is 0 Å². The van der Waals surface area contributed by atoms with Gasteiger partial charge in [-0.05, 0) is 31.0 Å². The molecular weight excluding hydrogens is 295 g/mol. The first kappa shape index (κ1) is 10.5. The van der Waals surface area contributed by atoms with Crippen molar-refractivity contribution in [2.75, 3.05) is 0 Å². The van der Waals surface area contributed by atoms with Gasteiger partial charge in [-0.3, -0.25) is 0 Å². The molecule has 52 valence electrons. The minimum atomic E-state index is 0. The minimum Gasteiger partial charge on any atom is -0.0609 e. The van der Waals surface area contributed by atoms with E-state index in [-0.39, 0.29) is 23.9 Å². The van der Waals surface area contributed by atoms with E-state index in [4.69, 9.17) is 0 Å². The van der Waals surface area contributed by atoms with E-state index in [9.17, 15) is 0 Å². The fourth-order valence-electron chi connectivity index (χ4n) is 0.715. The van der Waals surface area contributed by atoms with Gasteiger partial charge in [0.05, 0.1) is 0 Å². The van der Waals surface area contributed by atoms with E-state index in [0.29, 0.717) is 0 Å². The molecule has 0 saturated heterocycles. The molecule has 0 bridgehead atoms. The van der Waals surface area contributed by atoms with E-state index in [2.05, 4.69) is 41.9 Å². The van der Waals surface area contributed by atoms with Gasteiger partial charge >= 0.3 is 0 Å². The quantitative estimate of drug-likeness (QED) is 0.647. The molecule has 0 fully saturated rings. The van der Waals surface area contributed by atoms with Gasteiger partial charge in [0.1, 0.15) is 0 Å². The Morgan fingerprint density at radius 2 is 1.80 bits per heavy atom. The predicted octanol–water partition coefficient (Wildman–Crippen LogP) is 2.69. The summed E-state index contributed by atoms with van der Waals surface area (Å²) in [5.74, 6) is 0.